The van der Waals surface area contributed by atoms with Gasteiger partial charge in [-0.1, -0.05) is 12.2 Å². The van der Waals surface area contributed by atoms with Gasteiger partial charge >= 0.3 is 0 Å². The number of nitrogens with zero attached hydrogens (tertiary/aromatic N) is 1. The first kappa shape index (κ1) is 17.4. The largest absolute Gasteiger partial charge is 0.484 e. The van der Waals surface area contributed by atoms with Crippen molar-refractivity contribution < 1.29 is 14.6 Å². The first-order chi connectivity index (χ1) is 10.0. The third-order valence-corrected chi connectivity index (χ3v) is 3.31. The van der Waals surface area contributed by atoms with Gasteiger partial charge in [-0.2, -0.15) is 0 Å². The number of ether oxygens (including phenoxy) is 1. The number of amides is 1. The van der Waals surface area contributed by atoms with Gasteiger partial charge in [-0.05, 0) is 43.5 Å². The second kappa shape index (κ2) is 9.31. The van der Waals surface area contributed by atoms with E-state index in [2.05, 4.69) is 0 Å². The van der Waals surface area contributed by atoms with Crippen LogP contribution in [-0.2, 0) is 4.79 Å². The molecule has 0 spiro atoms. The Morgan fingerprint density at radius 1 is 1.29 bits per heavy atom. The zero-order valence-corrected chi connectivity index (χ0v) is 13.1. The van der Waals surface area contributed by atoms with Gasteiger partial charge in [0.2, 0.25) is 0 Å². The van der Waals surface area contributed by atoms with Crippen LogP contribution in [0.3, 0.4) is 0 Å². The van der Waals surface area contributed by atoms with Crippen LogP contribution in [0.15, 0.2) is 24.3 Å². The number of carbonyl (C=O) groups is 1. The van der Waals surface area contributed by atoms with Crippen LogP contribution < -0.4 is 10.5 Å². The van der Waals surface area contributed by atoms with Crippen molar-refractivity contribution in [1.29, 1.82) is 0 Å². The maximum atomic E-state index is 11.9. The Morgan fingerprint density at radius 2 is 1.95 bits per heavy atom. The second-order valence-electron chi connectivity index (χ2n) is 4.78. The highest BCUT2D eigenvalue weighted by Crippen LogP contribution is 2.12. The van der Waals surface area contributed by atoms with Crippen LogP contribution in [0.25, 0.3) is 0 Å². The predicted octanol–water partition coefficient (Wildman–Crippen LogP) is 1.32. The quantitative estimate of drug-likeness (QED) is 0.531. The van der Waals surface area contributed by atoms with Crippen molar-refractivity contribution in [2.24, 2.45) is 5.73 Å². The molecule has 0 aliphatic heterocycles. The highest BCUT2D eigenvalue weighted by atomic mass is 32.1. The standard InChI is InChI=1S/C15H22N2O3S/c1-17(9-3-2-4-10-18)14(19)11-20-13-7-5-12(6-8-13)15(16)21/h5-8,18H,2-4,9-11H2,1H3,(H2,16,21). The molecule has 0 saturated heterocycles. The Hall–Kier alpha value is -1.66. The van der Waals surface area contributed by atoms with E-state index in [1.807, 2.05) is 0 Å². The van der Waals surface area contributed by atoms with Crippen molar-refractivity contribution in [2.45, 2.75) is 19.3 Å². The van der Waals surface area contributed by atoms with Gasteiger partial charge in [0.15, 0.2) is 6.61 Å². The highest BCUT2D eigenvalue weighted by Gasteiger charge is 2.09. The minimum atomic E-state index is -0.0718. The number of carbonyl (C=O) groups excluding carboxylic acids is 1. The molecular weight excluding hydrogens is 288 g/mol. The van der Waals surface area contributed by atoms with Crippen molar-refractivity contribution >= 4 is 23.1 Å². The Balaban J connectivity index is 2.33. The van der Waals surface area contributed by atoms with Gasteiger partial charge in [0.25, 0.3) is 5.91 Å². The van der Waals surface area contributed by atoms with E-state index in [1.54, 1.807) is 36.2 Å². The monoisotopic (exact) mass is 310 g/mol. The van der Waals surface area contributed by atoms with Crippen LogP contribution in [0.5, 0.6) is 5.75 Å². The lowest BCUT2D eigenvalue weighted by Crippen LogP contribution is -2.32. The normalized spacial score (nSPS) is 10.2. The number of hydrogen-bond acceptors (Lipinski definition) is 4. The first-order valence-electron chi connectivity index (χ1n) is 6.92. The van der Waals surface area contributed by atoms with E-state index < -0.39 is 0 Å². The van der Waals surface area contributed by atoms with Gasteiger partial charge in [0.1, 0.15) is 10.7 Å². The van der Waals surface area contributed by atoms with Crippen molar-refractivity contribution in [3.8, 4) is 5.75 Å². The topological polar surface area (TPSA) is 75.8 Å². The number of unbranched alkanes of at least 4 members (excludes halogenated alkanes) is 2. The van der Waals surface area contributed by atoms with Crippen LogP contribution in [0.1, 0.15) is 24.8 Å². The fourth-order valence-electron chi connectivity index (χ4n) is 1.73. The summed E-state index contributed by atoms with van der Waals surface area (Å²) in [5.41, 5.74) is 6.28. The van der Waals surface area contributed by atoms with Gasteiger partial charge in [0, 0.05) is 25.8 Å². The molecule has 0 aromatic heterocycles. The molecule has 1 amide bonds. The van der Waals surface area contributed by atoms with E-state index in [1.165, 1.54) is 0 Å². The molecule has 0 unspecified atom stereocenters. The molecule has 0 radical (unpaired) electrons. The zero-order chi connectivity index (χ0) is 15.7. The van der Waals surface area contributed by atoms with Crippen molar-refractivity contribution in [3.05, 3.63) is 29.8 Å². The van der Waals surface area contributed by atoms with Crippen LogP contribution in [0.2, 0.25) is 0 Å². The number of thiocarbonyl (C=S) groups is 1. The average molecular weight is 310 g/mol. The molecule has 0 aliphatic rings. The molecule has 0 bridgehead atoms. The first-order valence-corrected chi connectivity index (χ1v) is 7.33. The van der Waals surface area contributed by atoms with Crippen LogP contribution in [0, 0.1) is 0 Å². The number of aliphatic hydroxyl groups is 1. The van der Waals surface area contributed by atoms with E-state index in [9.17, 15) is 4.79 Å². The van der Waals surface area contributed by atoms with Crippen LogP contribution in [0.4, 0.5) is 0 Å². The summed E-state index contributed by atoms with van der Waals surface area (Å²) >= 11 is 4.87. The molecule has 116 valence electrons. The molecule has 0 aliphatic carbocycles. The van der Waals surface area contributed by atoms with Gasteiger partial charge in [0.05, 0.1) is 0 Å². The molecule has 1 aromatic carbocycles. The molecule has 21 heavy (non-hydrogen) atoms. The molecule has 0 heterocycles. The average Bonchev–Trinajstić information content (AvgIpc) is 2.49. The fourth-order valence-corrected chi connectivity index (χ4v) is 1.87. The molecular formula is C15H22N2O3S. The van der Waals surface area contributed by atoms with Crippen LogP contribution >= 0.6 is 12.2 Å². The molecule has 0 fully saturated rings. The van der Waals surface area contributed by atoms with Gasteiger partial charge in [-0.3, -0.25) is 4.79 Å². The lowest BCUT2D eigenvalue weighted by Gasteiger charge is -2.17. The Morgan fingerprint density at radius 3 is 2.52 bits per heavy atom. The summed E-state index contributed by atoms with van der Waals surface area (Å²) in [5.74, 6) is 0.537. The predicted molar refractivity (Wildman–Crippen MR) is 86.4 cm³/mol. The summed E-state index contributed by atoms with van der Waals surface area (Å²) in [6, 6.07) is 7.01. The van der Waals surface area contributed by atoms with E-state index >= 15 is 0 Å². The molecule has 0 atom stereocenters. The molecule has 1 rings (SSSR count). The third kappa shape index (κ3) is 6.55. The summed E-state index contributed by atoms with van der Waals surface area (Å²) in [6.07, 6.45) is 2.56. The fraction of sp³-hybridized carbons (Fsp3) is 0.467. The second-order valence-corrected chi connectivity index (χ2v) is 5.22. The highest BCUT2D eigenvalue weighted by molar-refractivity contribution is 7.80. The SMILES string of the molecule is CN(CCCCCO)C(=O)COc1ccc(C(N)=S)cc1. The third-order valence-electron chi connectivity index (χ3n) is 3.08. The van der Waals surface area contributed by atoms with Gasteiger partial charge in [-0.15, -0.1) is 0 Å². The maximum absolute atomic E-state index is 11.9. The Bertz CT molecular complexity index is 462. The number of benzene rings is 1. The molecule has 5 nitrogen and oxygen atoms in total. The number of hydrogen-bond donors (Lipinski definition) is 2. The molecule has 1 aromatic rings. The number of rotatable bonds is 9. The van der Waals surface area contributed by atoms with Gasteiger partial charge in [-0.25, -0.2) is 0 Å². The van der Waals surface area contributed by atoms with E-state index in [4.69, 9.17) is 27.8 Å². The minimum absolute atomic E-state index is 0.00289. The van der Waals surface area contributed by atoms with Crippen molar-refractivity contribution in [3.63, 3.8) is 0 Å². The lowest BCUT2D eigenvalue weighted by atomic mass is 10.2. The molecule has 3 N–H and O–H groups in total. The summed E-state index contributed by atoms with van der Waals surface area (Å²) < 4.78 is 5.44. The summed E-state index contributed by atoms with van der Waals surface area (Å²) in [6.45, 7) is 0.870. The minimum Gasteiger partial charge on any atom is -0.484 e. The molecule has 6 heteroatoms. The molecule has 0 saturated carbocycles. The summed E-state index contributed by atoms with van der Waals surface area (Å²) in [7, 11) is 1.75. The van der Waals surface area contributed by atoms with Crippen molar-refractivity contribution in [2.75, 3.05) is 26.8 Å². The zero-order valence-electron chi connectivity index (χ0n) is 12.2. The van der Waals surface area contributed by atoms with Crippen molar-refractivity contribution in [1.82, 2.24) is 4.90 Å². The number of aliphatic hydroxyl groups excluding tert-OH is 1. The maximum Gasteiger partial charge on any atom is 0.260 e. The van der Waals surface area contributed by atoms with Crippen LogP contribution in [-0.4, -0.2) is 47.7 Å². The van der Waals surface area contributed by atoms with E-state index in [0.29, 0.717) is 17.3 Å². The van der Waals surface area contributed by atoms with E-state index in [0.717, 1.165) is 24.8 Å². The summed E-state index contributed by atoms with van der Waals surface area (Å²) in [5, 5.41) is 8.69. The smallest absolute Gasteiger partial charge is 0.260 e. The lowest BCUT2D eigenvalue weighted by molar-refractivity contribution is -0.132. The van der Waals surface area contributed by atoms with E-state index in [-0.39, 0.29) is 19.1 Å². The summed E-state index contributed by atoms with van der Waals surface area (Å²) in [4.78, 5) is 13.8. The van der Waals surface area contributed by atoms with Gasteiger partial charge < -0.3 is 20.5 Å². The Labute approximate surface area is 130 Å². The number of nitrogens with two attached hydrogens (primary N) is 1. The Kier molecular flexibility index (Phi) is 7.71. The number of likely N-dealkylation sites (N-methyl/N-ethyl adjacent to an activating group) is 1.